The molecule has 16 heavy (non-hydrogen) atoms. The molecule has 3 nitrogen and oxygen atoms in total. The fraction of sp³-hybridized carbons (Fsp3) is 0.385. The number of hydrogen-bond acceptors (Lipinski definition) is 2. The Morgan fingerprint density at radius 1 is 1.38 bits per heavy atom. The van der Waals surface area contributed by atoms with Crippen LogP contribution in [0.25, 0.3) is 10.9 Å². The van der Waals surface area contributed by atoms with Gasteiger partial charge in [-0.15, -0.1) is 0 Å². The van der Waals surface area contributed by atoms with Gasteiger partial charge in [0.2, 0.25) is 0 Å². The fourth-order valence-electron chi connectivity index (χ4n) is 2.33. The minimum atomic E-state index is 0.154. The second-order valence-corrected chi connectivity index (χ2v) is 4.15. The topological polar surface area (TPSA) is 48.0 Å². The molecule has 2 aromatic rings. The lowest BCUT2D eigenvalue weighted by molar-refractivity contribution is 0.263. The van der Waals surface area contributed by atoms with Crippen molar-refractivity contribution in [2.24, 2.45) is 0 Å². The zero-order valence-corrected chi connectivity index (χ0v) is 9.75. The lowest BCUT2D eigenvalue weighted by Gasteiger charge is -2.14. The fourth-order valence-corrected chi connectivity index (χ4v) is 2.33. The van der Waals surface area contributed by atoms with Crippen LogP contribution in [-0.4, -0.2) is 30.3 Å². The number of benzene rings is 1. The van der Waals surface area contributed by atoms with Gasteiger partial charge in [0.25, 0.3) is 0 Å². The molecule has 0 bridgehead atoms. The second kappa shape index (κ2) is 4.68. The molecule has 0 saturated carbocycles. The number of fused-ring (bicyclic) bond motifs is 1. The first-order valence-corrected chi connectivity index (χ1v) is 5.60. The van der Waals surface area contributed by atoms with E-state index in [0.29, 0.717) is 0 Å². The maximum Gasteiger partial charge on any atom is 0.0512 e. The van der Waals surface area contributed by atoms with E-state index in [4.69, 9.17) is 0 Å². The largest absolute Gasteiger partial charge is 0.396 e. The van der Waals surface area contributed by atoms with Crippen LogP contribution in [0.1, 0.15) is 17.2 Å². The van der Waals surface area contributed by atoms with Crippen molar-refractivity contribution in [3.05, 3.63) is 35.5 Å². The van der Waals surface area contributed by atoms with Gasteiger partial charge in [0.05, 0.1) is 6.61 Å². The number of aliphatic hydroxyl groups is 1. The number of para-hydroxylation sites is 1. The Kier molecular flexibility index (Phi) is 3.27. The number of aromatic amines is 1. The van der Waals surface area contributed by atoms with Crippen LogP contribution >= 0.6 is 0 Å². The van der Waals surface area contributed by atoms with Gasteiger partial charge in [-0.05, 0) is 25.6 Å². The summed E-state index contributed by atoms with van der Waals surface area (Å²) in [5.41, 5.74) is 3.52. The minimum Gasteiger partial charge on any atom is -0.396 e. The van der Waals surface area contributed by atoms with E-state index in [0.717, 1.165) is 17.8 Å². The van der Waals surface area contributed by atoms with E-state index in [2.05, 4.69) is 29.4 Å². The third kappa shape index (κ3) is 1.84. The molecular formula is C13H18N2O. The number of nitrogens with one attached hydrogen (secondary N) is 2. The van der Waals surface area contributed by atoms with Crippen molar-refractivity contribution in [1.29, 1.82) is 0 Å². The Bertz CT molecular complexity index is 476. The molecule has 1 heterocycles. The summed E-state index contributed by atoms with van der Waals surface area (Å²) in [6, 6.07) is 8.23. The smallest absolute Gasteiger partial charge is 0.0512 e. The molecule has 0 fully saturated rings. The summed E-state index contributed by atoms with van der Waals surface area (Å²) in [6.45, 7) is 3.02. The van der Waals surface area contributed by atoms with Gasteiger partial charge in [0.1, 0.15) is 0 Å². The lowest BCUT2D eigenvalue weighted by Crippen LogP contribution is -2.20. The first-order chi connectivity index (χ1) is 7.77. The highest BCUT2D eigenvalue weighted by molar-refractivity contribution is 5.85. The summed E-state index contributed by atoms with van der Waals surface area (Å²) in [4.78, 5) is 3.36. The first-order valence-electron chi connectivity index (χ1n) is 5.60. The number of aromatic nitrogens is 1. The number of aliphatic hydroxyl groups excluding tert-OH is 1. The Morgan fingerprint density at radius 3 is 2.81 bits per heavy atom. The van der Waals surface area contributed by atoms with E-state index in [-0.39, 0.29) is 12.5 Å². The Hall–Kier alpha value is -1.32. The molecule has 1 aromatic carbocycles. The molecule has 0 amide bonds. The highest BCUT2D eigenvalue weighted by Gasteiger charge is 2.17. The molecule has 0 aliphatic heterocycles. The molecule has 1 aromatic heterocycles. The molecule has 1 atom stereocenters. The summed E-state index contributed by atoms with van der Waals surface area (Å²) < 4.78 is 0. The molecule has 1 unspecified atom stereocenters. The molecule has 3 heteroatoms. The van der Waals surface area contributed by atoms with Gasteiger partial charge in [0, 0.05) is 29.1 Å². The predicted octanol–water partition coefficient (Wildman–Crippen LogP) is 1.77. The maximum absolute atomic E-state index is 9.46. The molecule has 86 valence electrons. The van der Waals surface area contributed by atoms with Crippen molar-refractivity contribution in [2.75, 3.05) is 20.2 Å². The van der Waals surface area contributed by atoms with Crippen LogP contribution in [0.5, 0.6) is 0 Å². The second-order valence-electron chi connectivity index (χ2n) is 4.15. The maximum atomic E-state index is 9.46. The Labute approximate surface area is 95.5 Å². The molecular weight excluding hydrogens is 200 g/mol. The zero-order valence-electron chi connectivity index (χ0n) is 9.75. The predicted molar refractivity (Wildman–Crippen MR) is 66.8 cm³/mol. The van der Waals surface area contributed by atoms with Crippen LogP contribution in [-0.2, 0) is 0 Å². The SMILES string of the molecule is CNCC(CO)c1c(C)[nH]c2ccccc12. The lowest BCUT2D eigenvalue weighted by atomic mass is 9.97. The van der Waals surface area contributed by atoms with Crippen molar-refractivity contribution in [3.8, 4) is 0 Å². The zero-order chi connectivity index (χ0) is 11.5. The summed E-state index contributed by atoms with van der Waals surface area (Å²) >= 11 is 0. The number of H-pyrrole nitrogens is 1. The van der Waals surface area contributed by atoms with Crippen LogP contribution in [0.3, 0.4) is 0 Å². The Balaban J connectivity index is 2.53. The molecule has 2 rings (SSSR count). The first kappa shape index (κ1) is 11.2. The van der Waals surface area contributed by atoms with Gasteiger partial charge < -0.3 is 15.4 Å². The summed E-state index contributed by atoms with van der Waals surface area (Å²) in [5.74, 6) is 0.154. The molecule has 3 N–H and O–H groups in total. The Morgan fingerprint density at radius 2 is 2.12 bits per heavy atom. The molecule has 0 spiro atoms. The molecule has 0 radical (unpaired) electrons. The van der Waals surface area contributed by atoms with Gasteiger partial charge in [0.15, 0.2) is 0 Å². The standard InChI is InChI=1S/C13H18N2O/c1-9-13(10(8-16)7-14-2)11-5-3-4-6-12(11)15-9/h3-6,10,14-16H,7-8H2,1-2H3. The van der Waals surface area contributed by atoms with Crippen molar-refractivity contribution in [3.63, 3.8) is 0 Å². The van der Waals surface area contributed by atoms with Crippen LogP contribution < -0.4 is 5.32 Å². The van der Waals surface area contributed by atoms with E-state index in [1.807, 2.05) is 19.2 Å². The van der Waals surface area contributed by atoms with Gasteiger partial charge >= 0.3 is 0 Å². The van der Waals surface area contributed by atoms with E-state index in [9.17, 15) is 5.11 Å². The number of aryl methyl sites for hydroxylation is 1. The summed E-state index contributed by atoms with van der Waals surface area (Å²) in [6.07, 6.45) is 0. The average Bonchev–Trinajstić information content (AvgIpc) is 2.62. The van der Waals surface area contributed by atoms with Gasteiger partial charge in [-0.1, -0.05) is 18.2 Å². The van der Waals surface area contributed by atoms with Crippen LogP contribution in [0.4, 0.5) is 0 Å². The van der Waals surface area contributed by atoms with E-state index < -0.39 is 0 Å². The third-order valence-electron chi connectivity index (χ3n) is 3.02. The number of hydrogen-bond donors (Lipinski definition) is 3. The van der Waals surface area contributed by atoms with E-state index in [1.165, 1.54) is 10.9 Å². The highest BCUT2D eigenvalue weighted by Crippen LogP contribution is 2.28. The van der Waals surface area contributed by atoms with Gasteiger partial charge in [-0.2, -0.15) is 0 Å². The molecule has 0 saturated heterocycles. The average molecular weight is 218 g/mol. The molecule has 0 aliphatic rings. The van der Waals surface area contributed by atoms with Crippen LogP contribution in [0, 0.1) is 6.92 Å². The van der Waals surface area contributed by atoms with E-state index in [1.54, 1.807) is 0 Å². The van der Waals surface area contributed by atoms with Crippen LogP contribution in [0.2, 0.25) is 0 Å². The van der Waals surface area contributed by atoms with Crippen molar-refractivity contribution in [1.82, 2.24) is 10.3 Å². The van der Waals surface area contributed by atoms with Gasteiger partial charge in [-0.3, -0.25) is 0 Å². The minimum absolute atomic E-state index is 0.154. The summed E-state index contributed by atoms with van der Waals surface area (Å²) in [5, 5.41) is 13.8. The third-order valence-corrected chi connectivity index (χ3v) is 3.02. The highest BCUT2D eigenvalue weighted by atomic mass is 16.3. The van der Waals surface area contributed by atoms with Crippen molar-refractivity contribution >= 4 is 10.9 Å². The van der Waals surface area contributed by atoms with Gasteiger partial charge in [-0.25, -0.2) is 0 Å². The van der Waals surface area contributed by atoms with Crippen molar-refractivity contribution < 1.29 is 5.11 Å². The normalized spacial score (nSPS) is 13.2. The molecule has 0 aliphatic carbocycles. The van der Waals surface area contributed by atoms with E-state index >= 15 is 0 Å². The monoisotopic (exact) mass is 218 g/mol. The summed E-state index contributed by atoms with van der Waals surface area (Å²) in [7, 11) is 1.91. The number of rotatable bonds is 4. The number of likely N-dealkylation sites (N-methyl/N-ethyl adjacent to an activating group) is 1. The van der Waals surface area contributed by atoms with Crippen molar-refractivity contribution in [2.45, 2.75) is 12.8 Å². The quantitative estimate of drug-likeness (QED) is 0.732. The van der Waals surface area contributed by atoms with Crippen LogP contribution in [0.15, 0.2) is 24.3 Å².